The van der Waals surface area contributed by atoms with Crippen LogP contribution in [0.3, 0.4) is 0 Å². The molecular formula is C13H16Cl2N2O. The highest BCUT2D eigenvalue weighted by Gasteiger charge is 2.15. The summed E-state index contributed by atoms with van der Waals surface area (Å²) in [5.41, 5.74) is 1.49. The van der Waals surface area contributed by atoms with Gasteiger partial charge in [-0.25, -0.2) is 0 Å². The SMILES string of the molecule is CN1CCN(Cc2ccc(C(=O)Cl)cc2Cl)CC1. The largest absolute Gasteiger partial charge is 0.304 e. The summed E-state index contributed by atoms with van der Waals surface area (Å²) in [4.78, 5) is 15.7. The van der Waals surface area contributed by atoms with E-state index in [0.29, 0.717) is 10.6 Å². The van der Waals surface area contributed by atoms with Crippen LogP contribution in [0.2, 0.25) is 5.02 Å². The lowest BCUT2D eigenvalue weighted by molar-refractivity contribution is 0.108. The Labute approximate surface area is 117 Å². The molecular weight excluding hydrogens is 271 g/mol. The number of halogens is 2. The minimum absolute atomic E-state index is 0.448. The van der Waals surface area contributed by atoms with Crippen LogP contribution in [-0.4, -0.2) is 48.3 Å². The van der Waals surface area contributed by atoms with Crippen LogP contribution < -0.4 is 0 Å². The molecule has 18 heavy (non-hydrogen) atoms. The molecule has 5 heteroatoms. The van der Waals surface area contributed by atoms with E-state index in [9.17, 15) is 4.79 Å². The second-order valence-electron chi connectivity index (χ2n) is 4.66. The highest BCUT2D eigenvalue weighted by molar-refractivity contribution is 6.67. The standard InChI is InChI=1S/C13H16Cl2N2O/c1-16-4-6-17(7-5-16)9-11-3-2-10(13(15)18)8-12(11)14/h2-3,8H,4-7,9H2,1H3. The van der Waals surface area contributed by atoms with Crippen molar-refractivity contribution in [3.8, 4) is 0 Å². The Morgan fingerprint density at radius 2 is 1.94 bits per heavy atom. The van der Waals surface area contributed by atoms with Gasteiger partial charge in [-0.15, -0.1) is 0 Å². The highest BCUT2D eigenvalue weighted by Crippen LogP contribution is 2.21. The van der Waals surface area contributed by atoms with Crippen LogP contribution in [0.5, 0.6) is 0 Å². The van der Waals surface area contributed by atoms with Gasteiger partial charge in [0.25, 0.3) is 5.24 Å². The molecule has 0 saturated carbocycles. The lowest BCUT2D eigenvalue weighted by Crippen LogP contribution is -2.43. The zero-order valence-electron chi connectivity index (χ0n) is 10.3. The normalized spacial score (nSPS) is 17.9. The van der Waals surface area contributed by atoms with Gasteiger partial charge in [-0.05, 0) is 36.3 Å². The summed E-state index contributed by atoms with van der Waals surface area (Å²) < 4.78 is 0. The van der Waals surface area contributed by atoms with E-state index in [0.717, 1.165) is 38.3 Å². The van der Waals surface area contributed by atoms with Crippen molar-refractivity contribution in [1.82, 2.24) is 9.80 Å². The predicted octanol–water partition coefficient (Wildman–Crippen LogP) is 2.47. The molecule has 0 N–H and O–H groups in total. The zero-order valence-corrected chi connectivity index (χ0v) is 11.8. The fourth-order valence-corrected chi connectivity index (χ4v) is 2.40. The fraction of sp³-hybridized carbons (Fsp3) is 0.462. The quantitative estimate of drug-likeness (QED) is 0.798. The van der Waals surface area contributed by atoms with Crippen LogP contribution in [0.25, 0.3) is 0 Å². The van der Waals surface area contributed by atoms with E-state index >= 15 is 0 Å². The lowest BCUT2D eigenvalue weighted by Gasteiger charge is -2.32. The van der Waals surface area contributed by atoms with Crippen molar-refractivity contribution >= 4 is 28.4 Å². The van der Waals surface area contributed by atoms with E-state index in [1.165, 1.54) is 0 Å². The van der Waals surface area contributed by atoms with Crippen molar-refractivity contribution in [2.45, 2.75) is 6.54 Å². The molecule has 1 aromatic carbocycles. The third-order valence-corrected chi connectivity index (χ3v) is 3.84. The molecule has 1 aliphatic rings. The van der Waals surface area contributed by atoms with Gasteiger partial charge in [-0.2, -0.15) is 0 Å². The monoisotopic (exact) mass is 286 g/mol. The summed E-state index contributed by atoms with van der Waals surface area (Å²) in [7, 11) is 2.13. The van der Waals surface area contributed by atoms with Crippen LogP contribution in [0.15, 0.2) is 18.2 Å². The van der Waals surface area contributed by atoms with Gasteiger partial charge in [0.2, 0.25) is 0 Å². The van der Waals surface area contributed by atoms with E-state index in [1.54, 1.807) is 12.1 Å². The molecule has 1 saturated heterocycles. The number of likely N-dealkylation sites (N-methyl/N-ethyl adjacent to an activating group) is 1. The van der Waals surface area contributed by atoms with Crippen LogP contribution in [0, 0.1) is 0 Å². The van der Waals surface area contributed by atoms with Crippen LogP contribution in [-0.2, 0) is 6.54 Å². The first-order chi connectivity index (χ1) is 8.56. The summed E-state index contributed by atoms with van der Waals surface area (Å²) in [6, 6.07) is 5.26. The van der Waals surface area contributed by atoms with E-state index in [4.69, 9.17) is 23.2 Å². The Morgan fingerprint density at radius 3 is 2.50 bits per heavy atom. The molecule has 0 radical (unpaired) electrons. The number of benzene rings is 1. The smallest absolute Gasteiger partial charge is 0.252 e. The predicted molar refractivity (Wildman–Crippen MR) is 74.4 cm³/mol. The first-order valence-corrected chi connectivity index (χ1v) is 6.71. The fourth-order valence-electron chi connectivity index (χ4n) is 2.04. The van der Waals surface area contributed by atoms with Gasteiger partial charge in [0.05, 0.1) is 0 Å². The Kier molecular flexibility index (Phi) is 4.62. The van der Waals surface area contributed by atoms with Crippen LogP contribution in [0.4, 0.5) is 0 Å². The maximum Gasteiger partial charge on any atom is 0.252 e. The molecule has 3 nitrogen and oxygen atoms in total. The number of hydrogen-bond donors (Lipinski definition) is 0. The van der Waals surface area contributed by atoms with E-state index < -0.39 is 5.24 Å². The topological polar surface area (TPSA) is 23.6 Å². The molecule has 1 aromatic rings. The minimum Gasteiger partial charge on any atom is -0.304 e. The molecule has 1 aliphatic heterocycles. The molecule has 0 amide bonds. The molecule has 0 aliphatic carbocycles. The number of rotatable bonds is 3. The van der Waals surface area contributed by atoms with Gasteiger partial charge in [-0.1, -0.05) is 17.7 Å². The Hall–Kier alpha value is -0.610. The molecule has 98 valence electrons. The van der Waals surface area contributed by atoms with Crippen molar-refractivity contribution in [1.29, 1.82) is 0 Å². The Morgan fingerprint density at radius 1 is 1.28 bits per heavy atom. The van der Waals surface area contributed by atoms with Gasteiger partial charge in [0.1, 0.15) is 0 Å². The lowest BCUT2D eigenvalue weighted by atomic mass is 10.1. The van der Waals surface area contributed by atoms with Crippen molar-refractivity contribution in [2.24, 2.45) is 0 Å². The number of carbonyl (C=O) groups excluding carboxylic acids is 1. The number of piperazine rings is 1. The average molecular weight is 287 g/mol. The second kappa shape index (κ2) is 6.02. The molecule has 1 fully saturated rings. The number of carbonyl (C=O) groups is 1. The third-order valence-electron chi connectivity index (χ3n) is 3.27. The summed E-state index contributed by atoms with van der Waals surface area (Å²) in [6.45, 7) is 5.07. The highest BCUT2D eigenvalue weighted by atomic mass is 35.5. The molecule has 0 bridgehead atoms. The molecule has 2 rings (SSSR count). The van der Waals surface area contributed by atoms with E-state index in [1.807, 2.05) is 6.07 Å². The molecule has 0 aromatic heterocycles. The first kappa shape index (κ1) is 13.8. The summed E-state index contributed by atoms with van der Waals surface area (Å²) >= 11 is 11.6. The van der Waals surface area contributed by atoms with Crippen LogP contribution in [0.1, 0.15) is 15.9 Å². The first-order valence-electron chi connectivity index (χ1n) is 5.95. The van der Waals surface area contributed by atoms with E-state index in [2.05, 4.69) is 16.8 Å². The van der Waals surface area contributed by atoms with Gasteiger partial charge in [0, 0.05) is 43.3 Å². The molecule has 0 spiro atoms. The summed E-state index contributed by atoms with van der Waals surface area (Å²) in [5.74, 6) is 0. The Bertz CT molecular complexity index is 443. The van der Waals surface area contributed by atoms with E-state index in [-0.39, 0.29) is 0 Å². The maximum atomic E-state index is 11.0. The van der Waals surface area contributed by atoms with Crippen molar-refractivity contribution in [3.05, 3.63) is 34.3 Å². The summed E-state index contributed by atoms with van der Waals surface area (Å²) in [6.07, 6.45) is 0. The van der Waals surface area contributed by atoms with Crippen LogP contribution >= 0.6 is 23.2 Å². The number of nitrogens with zero attached hydrogens (tertiary/aromatic N) is 2. The molecule has 1 heterocycles. The Balaban J connectivity index is 2.03. The maximum absolute atomic E-state index is 11.0. The second-order valence-corrected chi connectivity index (χ2v) is 5.41. The molecule has 0 atom stereocenters. The van der Waals surface area contributed by atoms with Crippen molar-refractivity contribution < 1.29 is 4.79 Å². The molecule has 0 unspecified atom stereocenters. The third kappa shape index (κ3) is 3.45. The summed E-state index contributed by atoms with van der Waals surface area (Å²) in [5, 5.41) is 0.142. The van der Waals surface area contributed by atoms with Crippen molar-refractivity contribution in [2.75, 3.05) is 33.2 Å². The van der Waals surface area contributed by atoms with Crippen molar-refractivity contribution in [3.63, 3.8) is 0 Å². The average Bonchev–Trinajstić information content (AvgIpc) is 2.34. The van der Waals surface area contributed by atoms with Gasteiger partial charge in [-0.3, -0.25) is 9.69 Å². The minimum atomic E-state index is -0.469. The number of hydrogen-bond acceptors (Lipinski definition) is 3. The van der Waals surface area contributed by atoms with Gasteiger partial charge >= 0.3 is 0 Å². The van der Waals surface area contributed by atoms with Gasteiger partial charge in [0.15, 0.2) is 0 Å². The zero-order chi connectivity index (χ0) is 13.1. The van der Waals surface area contributed by atoms with Gasteiger partial charge < -0.3 is 4.90 Å².